The summed E-state index contributed by atoms with van der Waals surface area (Å²) < 4.78 is 41.8. The lowest BCUT2D eigenvalue weighted by Gasteiger charge is -2.36. The summed E-state index contributed by atoms with van der Waals surface area (Å²) in [5.74, 6) is -1.28. The number of halogens is 4. The van der Waals surface area contributed by atoms with Gasteiger partial charge in [-0.3, -0.25) is 14.8 Å². The lowest BCUT2D eigenvalue weighted by Crippen LogP contribution is -2.48. The highest BCUT2D eigenvalue weighted by molar-refractivity contribution is 6.30. The Balaban J connectivity index is 1.90. The molecular weight excluding hydrogens is 391 g/mol. The zero-order chi connectivity index (χ0) is 20.5. The van der Waals surface area contributed by atoms with E-state index >= 15 is 0 Å². The molecule has 2 heterocycles. The van der Waals surface area contributed by atoms with Crippen molar-refractivity contribution in [1.82, 2.24) is 4.98 Å². The number of carbonyl (C=O) groups is 1. The molecule has 1 aliphatic heterocycles. The molecular formula is C20H19ClF3N3O. The standard InChI is InChI=1S/C20H19ClF3N3O/c1-19(6-7-20(24,11-22)18(25)27-19)14-8-12(2-4-15(14)23)9-17(28)16-5-3-13(21)10-26-16/h2-5,8,10H,6-7,9,11H2,1H3,(H2,25,27)/t19-,20+/m0/s1. The van der Waals surface area contributed by atoms with Crippen LogP contribution in [-0.4, -0.2) is 28.9 Å². The van der Waals surface area contributed by atoms with E-state index in [4.69, 9.17) is 17.3 Å². The van der Waals surface area contributed by atoms with E-state index in [9.17, 15) is 18.0 Å². The number of rotatable bonds is 5. The summed E-state index contributed by atoms with van der Waals surface area (Å²) in [6.07, 6.45) is 1.25. The van der Waals surface area contributed by atoms with E-state index in [1.165, 1.54) is 30.5 Å². The molecule has 148 valence electrons. The van der Waals surface area contributed by atoms with Gasteiger partial charge in [0, 0.05) is 18.2 Å². The number of alkyl halides is 2. The van der Waals surface area contributed by atoms with Crippen molar-refractivity contribution in [1.29, 1.82) is 0 Å². The molecule has 0 unspecified atom stereocenters. The van der Waals surface area contributed by atoms with Gasteiger partial charge in [0.15, 0.2) is 11.5 Å². The maximum absolute atomic E-state index is 14.5. The Kier molecular flexibility index (Phi) is 5.48. The Morgan fingerprint density at radius 1 is 1.29 bits per heavy atom. The van der Waals surface area contributed by atoms with Crippen LogP contribution in [0.2, 0.25) is 5.02 Å². The Hall–Kier alpha value is -2.41. The highest BCUT2D eigenvalue weighted by Crippen LogP contribution is 2.40. The second-order valence-corrected chi connectivity index (χ2v) is 7.58. The fraction of sp³-hybridized carbons (Fsp3) is 0.350. The number of carbonyl (C=O) groups excluding carboxylic acids is 1. The summed E-state index contributed by atoms with van der Waals surface area (Å²) in [7, 11) is 0. The third-order valence-electron chi connectivity index (χ3n) is 5.03. The van der Waals surface area contributed by atoms with Crippen LogP contribution in [-0.2, 0) is 12.0 Å². The van der Waals surface area contributed by atoms with Crippen LogP contribution in [0.25, 0.3) is 0 Å². The molecule has 3 rings (SSSR count). The summed E-state index contributed by atoms with van der Waals surface area (Å²) in [6.45, 7) is 0.339. The van der Waals surface area contributed by atoms with Crippen molar-refractivity contribution >= 4 is 23.2 Å². The number of ketones is 1. The van der Waals surface area contributed by atoms with Gasteiger partial charge in [0.1, 0.15) is 24.0 Å². The van der Waals surface area contributed by atoms with Gasteiger partial charge in [-0.15, -0.1) is 0 Å². The monoisotopic (exact) mass is 409 g/mol. The van der Waals surface area contributed by atoms with Gasteiger partial charge < -0.3 is 5.73 Å². The molecule has 0 saturated carbocycles. The molecule has 0 amide bonds. The van der Waals surface area contributed by atoms with Gasteiger partial charge in [-0.2, -0.15) is 0 Å². The Morgan fingerprint density at radius 3 is 2.64 bits per heavy atom. The lowest BCUT2D eigenvalue weighted by molar-refractivity contribution is 0.0988. The number of hydrogen-bond acceptors (Lipinski definition) is 4. The fourth-order valence-corrected chi connectivity index (χ4v) is 3.35. The molecule has 0 fully saturated rings. The minimum atomic E-state index is -2.32. The number of pyridine rings is 1. The number of amidine groups is 1. The maximum Gasteiger partial charge on any atom is 0.195 e. The van der Waals surface area contributed by atoms with Crippen molar-refractivity contribution in [3.05, 3.63) is 64.2 Å². The summed E-state index contributed by atoms with van der Waals surface area (Å²) in [6, 6.07) is 7.32. The predicted octanol–water partition coefficient (Wildman–Crippen LogP) is 4.34. The first-order valence-electron chi connectivity index (χ1n) is 8.71. The van der Waals surface area contributed by atoms with Crippen LogP contribution in [0.5, 0.6) is 0 Å². The molecule has 0 spiro atoms. The molecule has 0 saturated heterocycles. The van der Waals surface area contributed by atoms with E-state index in [0.717, 1.165) is 0 Å². The number of benzene rings is 1. The summed E-state index contributed by atoms with van der Waals surface area (Å²) in [5.41, 5.74) is 3.15. The average Bonchev–Trinajstić information content (AvgIpc) is 2.67. The minimum absolute atomic E-state index is 0.00524. The van der Waals surface area contributed by atoms with E-state index in [-0.39, 0.29) is 36.3 Å². The first-order chi connectivity index (χ1) is 13.2. The lowest BCUT2D eigenvalue weighted by atomic mass is 9.80. The van der Waals surface area contributed by atoms with Crippen LogP contribution < -0.4 is 5.73 Å². The Labute approximate surface area is 165 Å². The molecule has 0 bridgehead atoms. The molecule has 1 aliphatic rings. The van der Waals surface area contributed by atoms with Crippen molar-refractivity contribution in [3.8, 4) is 0 Å². The quantitative estimate of drug-likeness (QED) is 0.747. The normalized spacial score (nSPS) is 24.7. The molecule has 28 heavy (non-hydrogen) atoms. The largest absolute Gasteiger partial charge is 0.385 e. The van der Waals surface area contributed by atoms with Crippen molar-refractivity contribution in [2.75, 3.05) is 6.67 Å². The SMILES string of the molecule is C[C@@]1(c2cc(CC(=O)c3ccc(Cl)cn3)ccc2F)CC[C@@](F)(CF)C(N)=N1. The zero-order valence-corrected chi connectivity index (χ0v) is 15.9. The van der Waals surface area contributed by atoms with Crippen LogP contribution in [0, 0.1) is 5.82 Å². The third-order valence-corrected chi connectivity index (χ3v) is 5.26. The van der Waals surface area contributed by atoms with Gasteiger partial charge in [0.05, 0.1) is 10.6 Å². The smallest absolute Gasteiger partial charge is 0.195 e. The number of nitrogens with zero attached hydrogens (tertiary/aromatic N) is 2. The van der Waals surface area contributed by atoms with Crippen LogP contribution in [0.4, 0.5) is 13.2 Å². The first kappa shape index (κ1) is 20.3. The molecule has 1 aromatic heterocycles. The Morgan fingerprint density at radius 2 is 2.04 bits per heavy atom. The molecule has 2 aromatic rings. The van der Waals surface area contributed by atoms with E-state index in [0.29, 0.717) is 10.6 Å². The van der Waals surface area contributed by atoms with Crippen LogP contribution in [0.3, 0.4) is 0 Å². The number of hydrogen-bond donors (Lipinski definition) is 1. The molecule has 0 radical (unpaired) electrons. The second kappa shape index (κ2) is 7.54. The van der Waals surface area contributed by atoms with Crippen LogP contribution >= 0.6 is 11.6 Å². The molecule has 2 N–H and O–H groups in total. The summed E-state index contributed by atoms with van der Waals surface area (Å²) in [5, 5.41) is 0.415. The molecule has 2 atom stereocenters. The van der Waals surface area contributed by atoms with Gasteiger partial charge in [0.25, 0.3) is 0 Å². The molecule has 8 heteroatoms. The van der Waals surface area contributed by atoms with Gasteiger partial charge in [-0.25, -0.2) is 13.2 Å². The minimum Gasteiger partial charge on any atom is -0.385 e. The highest BCUT2D eigenvalue weighted by Gasteiger charge is 2.44. The maximum atomic E-state index is 14.5. The van der Waals surface area contributed by atoms with E-state index < -0.39 is 29.5 Å². The number of nitrogens with two attached hydrogens (primary N) is 1. The second-order valence-electron chi connectivity index (χ2n) is 7.15. The van der Waals surface area contributed by atoms with Crippen molar-refractivity contribution in [3.63, 3.8) is 0 Å². The van der Waals surface area contributed by atoms with Gasteiger partial charge in [0.2, 0.25) is 0 Å². The number of aromatic nitrogens is 1. The summed E-state index contributed by atoms with van der Waals surface area (Å²) >= 11 is 5.77. The van der Waals surface area contributed by atoms with E-state index in [2.05, 4.69) is 9.98 Å². The molecule has 1 aromatic carbocycles. The van der Waals surface area contributed by atoms with Gasteiger partial charge in [-0.05, 0) is 49.6 Å². The predicted molar refractivity (Wildman–Crippen MR) is 102 cm³/mol. The number of Topliss-reactive ketones (excluding diaryl/α,β-unsaturated/α-hetero) is 1. The average molecular weight is 410 g/mol. The van der Waals surface area contributed by atoms with E-state index in [1.54, 1.807) is 13.0 Å². The summed E-state index contributed by atoms with van der Waals surface area (Å²) in [4.78, 5) is 20.5. The van der Waals surface area contributed by atoms with Crippen molar-refractivity contribution in [2.45, 2.75) is 37.4 Å². The highest BCUT2D eigenvalue weighted by atomic mass is 35.5. The Bertz CT molecular complexity index is 935. The van der Waals surface area contributed by atoms with Gasteiger partial charge in [-0.1, -0.05) is 17.7 Å². The molecule has 4 nitrogen and oxygen atoms in total. The van der Waals surface area contributed by atoms with E-state index in [1.807, 2.05) is 0 Å². The van der Waals surface area contributed by atoms with Crippen LogP contribution in [0.15, 0.2) is 41.5 Å². The topological polar surface area (TPSA) is 68.3 Å². The van der Waals surface area contributed by atoms with Crippen molar-refractivity contribution < 1.29 is 18.0 Å². The van der Waals surface area contributed by atoms with Crippen molar-refractivity contribution in [2.24, 2.45) is 10.7 Å². The number of aliphatic imine (C=N–C) groups is 1. The van der Waals surface area contributed by atoms with Crippen LogP contribution in [0.1, 0.15) is 41.4 Å². The zero-order valence-electron chi connectivity index (χ0n) is 15.2. The third kappa shape index (κ3) is 3.90. The fourth-order valence-electron chi connectivity index (χ4n) is 3.23. The van der Waals surface area contributed by atoms with Gasteiger partial charge >= 0.3 is 0 Å². The molecule has 0 aliphatic carbocycles. The first-order valence-corrected chi connectivity index (χ1v) is 9.09.